The average Bonchev–Trinajstić information content (AvgIpc) is 2.39. The molecule has 2 heteroatoms. The maximum Gasteiger partial charge on any atom is 0.141 e. The van der Waals surface area contributed by atoms with Crippen molar-refractivity contribution in [1.29, 1.82) is 5.26 Å². The van der Waals surface area contributed by atoms with E-state index in [0.29, 0.717) is 11.6 Å². The third-order valence-electron chi connectivity index (χ3n) is 2.71. The number of nitrogens with zero attached hydrogens (tertiary/aromatic N) is 2. The van der Waals surface area contributed by atoms with Crippen molar-refractivity contribution in [1.82, 2.24) is 4.98 Å². The lowest BCUT2D eigenvalue weighted by molar-refractivity contribution is 0.860. The fourth-order valence-electron chi connectivity index (χ4n) is 1.83. The number of pyridine rings is 1. The molecule has 1 aromatic heterocycles. The van der Waals surface area contributed by atoms with Gasteiger partial charge in [-0.25, -0.2) is 4.98 Å². The van der Waals surface area contributed by atoms with Gasteiger partial charge in [-0.15, -0.1) is 0 Å². The van der Waals surface area contributed by atoms with Gasteiger partial charge in [-0.3, -0.25) is 0 Å². The predicted octanol–water partition coefficient (Wildman–Crippen LogP) is 3.74. The summed E-state index contributed by atoms with van der Waals surface area (Å²) < 4.78 is 0. The minimum absolute atomic E-state index is 0.394. The number of rotatable bonds is 2. The molecular weight excluding hydrogens is 208 g/mol. The van der Waals surface area contributed by atoms with Crippen molar-refractivity contribution in [2.45, 2.75) is 19.8 Å². The Morgan fingerprint density at radius 3 is 2.35 bits per heavy atom. The molecule has 0 aliphatic rings. The van der Waals surface area contributed by atoms with Crippen molar-refractivity contribution in [3.05, 3.63) is 53.7 Å². The van der Waals surface area contributed by atoms with Gasteiger partial charge in [0.1, 0.15) is 11.8 Å². The fourth-order valence-corrected chi connectivity index (χ4v) is 1.83. The van der Waals surface area contributed by atoms with Crippen LogP contribution in [0, 0.1) is 11.3 Å². The third kappa shape index (κ3) is 2.34. The molecule has 0 amide bonds. The molecule has 0 saturated carbocycles. The summed E-state index contributed by atoms with van der Waals surface area (Å²) in [6.07, 6.45) is 0. The molecule has 0 radical (unpaired) electrons. The largest absolute Gasteiger partial charge is 0.237 e. The van der Waals surface area contributed by atoms with Crippen LogP contribution in [0.15, 0.2) is 42.5 Å². The molecule has 0 N–H and O–H groups in total. The lowest BCUT2D eigenvalue weighted by Crippen LogP contribution is -1.97. The summed E-state index contributed by atoms with van der Waals surface area (Å²) in [6, 6.07) is 15.9. The Kier molecular flexibility index (Phi) is 3.20. The van der Waals surface area contributed by atoms with Crippen molar-refractivity contribution < 1.29 is 0 Å². The summed E-state index contributed by atoms with van der Waals surface area (Å²) in [7, 11) is 0. The molecule has 2 nitrogen and oxygen atoms in total. The van der Waals surface area contributed by atoms with Crippen molar-refractivity contribution >= 4 is 0 Å². The molecule has 0 unspecified atom stereocenters. The summed E-state index contributed by atoms with van der Waals surface area (Å²) in [6.45, 7) is 4.27. The molecule has 0 atom stereocenters. The lowest BCUT2D eigenvalue weighted by Gasteiger charge is -2.12. The molecular formula is C15H14N2. The first-order valence-corrected chi connectivity index (χ1v) is 5.69. The monoisotopic (exact) mass is 222 g/mol. The highest BCUT2D eigenvalue weighted by Crippen LogP contribution is 2.27. The van der Waals surface area contributed by atoms with Gasteiger partial charge >= 0.3 is 0 Å². The van der Waals surface area contributed by atoms with E-state index in [4.69, 9.17) is 5.26 Å². The molecule has 1 heterocycles. The summed E-state index contributed by atoms with van der Waals surface area (Å²) in [4.78, 5) is 4.42. The topological polar surface area (TPSA) is 36.7 Å². The highest BCUT2D eigenvalue weighted by molar-refractivity contribution is 5.64. The second kappa shape index (κ2) is 4.80. The lowest BCUT2D eigenvalue weighted by atomic mass is 9.97. The normalized spacial score (nSPS) is 10.2. The van der Waals surface area contributed by atoms with Gasteiger partial charge in [-0.1, -0.05) is 50.2 Å². The molecule has 84 valence electrons. The Bertz CT molecular complexity index is 551. The molecule has 0 saturated heterocycles. The molecule has 0 aliphatic carbocycles. The Hall–Kier alpha value is -2.14. The van der Waals surface area contributed by atoms with E-state index in [1.54, 1.807) is 6.07 Å². The Labute approximate surface area is 102 Å². The van der Waals surface area contributed by atoms with Crippen LogP contribution in [0.25, 0.3) is 11.3 Å². The second-order valence-electron chi connectivity index (χ2n) is 4.27. The number of benzene rings is 1. The SMILES string of the molecule is CC(C)c1ccc(C#N)nc1-c1ccccc1. The van der Waals surface area contributed by atoms with Crippen LogP contribution in [0.3, 0.4) is 0 Å². The quantitative estimate of drug-likeness (QED) is 0.776. The molecule has 0 fully saturated rings. The standard InChI is InChI=1S/C15H14N2/c1-11(2)14-9-8-13(10-16)17-15(14)12-6-4-3-5-7-12/h3-9,11H,1-2H3. The van der Waals surface area contributed by atoms with Crippen LogP contribution in [0.1, 0.15) is 31.0 Å². The minimum atomic E-state index is 0.394. The maximum atomic E-state index is 8.93. The average molecular weight is 222 g/mol. The Morgan fingerprint density at radius 2 is 1.76 bits per heavy atom. The molecule has 2 aromatic rings. The van der Waals surface area contributed by atoms with Gasteiger partial charge in [0.15, 0.2) is 0 Å². The van der Waals surface area contributed by atoms with Crippen molar-refractivity contribution in [2.24, 2.45) is 0 Å². The predicted molar refractivity (Wildman–Crippen MR) is 68.5 cm³/mol. The van der Waals surface area contributed by atoms with E-state index in [0.717, 1.165) is 11.3 Å². The molecule has 1 aromatic carbocycles. The molecule has 0 bridgehead atoms. The second-order valence-corrected chi connectivity index (χ2v) is 4.27. The molecule has 0 spiro atoms. The van der Waals surface area contributed by atoms with E-state index in [9.17, 15) is 0 Å². The zero-order valence-electron chi connectivity index (χ0n) is 10.0. The van der Waals surface area contributed by atoms with Crippen LogP contribution in [0.4, 0.5) is 0 Å². The van der Waals surface area contributed by atoms with Gasteiger partial charge in [-0.05, 0) is 17.5 Å². The van der Waals surface area contributed by atoms with Crippen LogP contribution in [0.5, 0.6) is 0 Å². The van der Waals surface area contributed by atoms with Gasteiger partial charge < -0.3 is 0 Å². The van der Waals surface area contributed by atoms with Gasteiger partial charge in [0.2, 0.25) is 0 Å². The van der Waals surface area contributed by atoms with E-state index < -0.39 is 0 Å². The van der Waals surface area contributed by atoms with Gasteiger partial charge in [-0.2, -0.15) is 5.26 Å². The van der Waals surface area contributed by atoms with Crippen molar-refractivity contribution in [2.75, 3.05) is 0 Å². The minimum Gasteiger partial charge on any atom is -0.237 e. The molecule has 0 aliphatic heterocycles. The molecule has 2 rings (SSSR count). The van der Waals surface area contributed by atoms with Crippen molar-refractivity contribution in [3.63, 3.8) is 0 Å². The highest BCUT2D eigenvalue weighted by Gasteiger charge is 2.10. The van der Waals surface area contributed by atoms with Crippen LogP contribution in [-0.4, -0.2) is 4.98 Å². The summed E-state index contributed by atoms with van der Waals surface area (Å²) >= 11 is 0. The number of hydrogen-bond acceptors (Lipinski definition) is 2. The van der Waals surface area contributed by atoms with Gasteiger partial charge in [0.25, 0.3) is 0 Å². The van der Waals surface area contributed by atoms with Crippen LogP contribution >= 0.6 is 0 Å². The number of hydrogen-bond donors (Lipinski definition) is 0. The Balaban J connectivity index is 2.62. The maximum absolute atomic E-state index is 8.93. The van der Waals surface area contributed by atoms with Crippen molar-refractivity contribution in [3.8, 4) is 17.3 Å². The van der Waals surface area contributed by atoms with E-state index in [2.05, 4.69) is 24.9 Å². The van der Waals surface area contributed by atoms with Crippen LogP contribution in [0.2, 0.25) is 0 Å². The van der Waals surface area contributed by atoms with Gasteiger partial charge in [0.05, 0.1) is 5.69 Å². The Morgan fingerprint density at radius 1 is 1.06 bits per heavy atom. The smallest absolute Gasteiger partial charge is 0.141 e. The number of nitriles is 1. The first-order valence-electron chi connectivity index (χ1n) is 5.69. The van der Waals surface area contributed by atoms with E-state index >= 15 is 0 Å². The van der Waals surface area contributed by atoms with Crippen LogP contribution < -0.4 is 0 Å². The highest BCUT2D eigenvalue weighted by atomic mass is 14.7. The first-order chi connectivity index (χ1) is 8.22. The number of aromatic nitrogens is 1. The zero-order valence-corrected chi connectivity index (χ0v) is 10.0. The van der Waals surface area contributed by atoms with E-state index in [1.807, 2.05) is 36.4 Å². The summed E-state index contributed by atoms with van der Waals surface area (Å²) in [5.74, 6) is 0.394. The van der Waals surface area contributed by atoms with E-state index in [1.165, 1.54) is 5.56 Å². The fraction of sp³-hybridized carbons (Fsp3) is 0.200. The first kappa shape index (κ1) is 11.3. The molecule has 17 heavy (non-hydrogen) atoms. The summed E-state index contributed by atoms with van der Waals surface area (Å²) in [5.41, 5.74) is 3.62. The zero-order chi connectivity index (χ0) is 12.3. The third-order valence-corrected chi connectivity index (χ3v) is 2.71. The van der Waals surface area contributed by atoms with Gasteiger partial charge in [0, 0.05) is 5.56 Å². The van der Waals surface area contributed by atoms with Crippen LogP contribution in [-0.2, 0) is 0 Å². The van der Waals surface area contributed by atoms with E-state index in [-0.39, 0.29) is 0 Å². The summed E-state index contributed by atoms with van der Waals surface area (Å²) in [5, 5.41) is 8.93.